The zero-order valence-electron chi connectivity index (χ0n) is 11.8. The van der Waals surface area contributed by atoms with Crippen LogP contribution in [0.5, 0.6) is 5.75 Å². The number of carbonyl (C=O) groups excluding carboxylic acids is 1. The van der Waals surface area contributed by atoms with Crippen molar-refractivity contribution < 1.29 is 9.53 Å². The first-order valence-electron chi connectivity index (χ1n) is 6.56. The highest BCUT2D eigenvalue weighted by Gasteiger charge is 2.09. The fraction of sp³-hybridized carbons (Fsp3) is 0.267. The summed E-state index contributed by atoms with van der Waals surface area (Å²) in [5.74, 6) is 0.773. The second kappa shape index (κ2) is 7.04. The van der Waals surface area contributed by atoms with E-state index >= 15 is 0 Å². The molecule has 0 fully saturated rings. The van der Waals surface area contributed by atoms with Gasteiger partial charge in [-0.05, 0) is 18.1 Å². The van der Waals surface area contributed by atoms with Gasteiger partial charge >= 0.3 is 0 Å². The summed E-state index contributed by atoms with van der Waals surface area (Å²) in [5.41, 5.74) is 0.791. The molecule has 0 saturated heterocycles. The van der Waals surface area contributed by atoms with Gasteiger partial charge in [0.05, 0.1) is 19.0 Å². The van der Waals surface area contributed by atoms with Gasteiger partial charge in [0.15, 0.2) is 0 Å². The number of halogens is 1. The quantitative estimate of drug-likeness (QED) is 0.919. The topological polar surface area (TPSA) is 64.1 Å². The van der Waals surface area contributed by atoms with Crippen molar-refractivity contribution in [1.82, 2.24) is 9.97 Å². The van der Waals surface area contributed by atoms with Crippen LogP contribution >= 0.6 is 11.6 Å². The lowest BCUT2D eigenvalue weighted by atomic mass is 10.2. The number of rotatable bonds is 5. The van der Waals surface area contributed by atoms with Gasteiger partial charge in [0, 0.05) is 11.8 Å². The van der Waals surface area contributed by atoms with Gasteiger partial charge in [0.1, 0.15) is 16.6 Å². The first-order chi connectivity index (χ1) is 10.0. The minimum atomic E-state index is -0.369. The summed E-state index contributed by atoms with van der Waals surface area (Å²) in [6.45, 7) is 4.77. The molecule has 1 N–H and O–H groups in total. The zero-order valence-corrected chi connectivity index (χ0v) is 12.6. The molecule has 2 rings (SSSR count). The Labute approximate surface area is 128 Å². The van der Waals surface area contributed by atoms with Crippen LogP contribution in [-0.4, -0.2) is 22.5 Å². The summed E-state index contributed by atoms with van der Waals surface area (Å²) >= 11 is 5.71. The average Bonchev–Trinajstić information content (AvgIpc) is 2.45. The maximum atomic E-state index is 12.0. The summed E-state index contributed by atoms with van der Waals surface area (Å²) < 4.78 is 5.61. The lowest BCUT2D eigenvalue weighted by molar-refractivity contribution is 0.102. The molecule has 0 saturated carbocycles. The van der Waals surface area contributed by atoms with Crippen molar-refractivity contribution in [1.29, 1.82) is 0 Å². The molecule has 1 heterocycles. The van der Waals surface area contributed by atoms with Crippen LogP contribution in [0.3, 0.4) is 0 Å². The fourth-order valence-electron chi connectivity index (χ4n) is 1.57. The Balaban J connectivity index is 2.05. The molecule has 0 aliphatic rings. The number of anilines is 1. The van der Waals surface area contributed by atoms with Gasteiger partial charge in [-0.2, -0.15) is 0 Å². The number of carbonyl (C=O) groups is 1. The third-order valence-corrected chi connectivity index (χ3v) is 2.70. The van der Waals surface area contributed by atoms with E-state index in [0.717, 1.165) is 0 Å². The Morgan fingerprint density at radius 2 is 2.19 bits per heavy atom. The molecule has 110 valence electrons. The van der Waals surface area contributed by atoms with E-state index in [0.29, 0.717) is 24.0 Å². The van der Waals surface area contributed by atoms with Crippen LogP contribution in [0.4, 0.5) is 5.69 Å². The number of aromatic nitrogens is 2. The predicted molar refractivity (Wildman–Crippen MR) is 81.8 cm³/mol. The van der Waals surface area contributed by atoms with Crippen molar-refractivity contribution >= 4 is 23.2 Å². The predicted octanol–water partition coefficient (Wildman–Crippen LogP) is 3.42. The van der Waals surface area contributed by atoms with Gasteiger partial charge in [-0.3, -0.25) is 9.78 Å². The molecule has 1 aromatic heterocycles. The lowest BCUT2D eigenvalue weighted by Crippen LogP contribution is -2.14. The van der Waals surface area contributed by atoms with Gasteiger partial charge in [-0.1, -0.05) is 31.5 Å². The van der Waals surface area contributed by atoms with Crippen LogP contribution in [0.2, 0.25) is 5.15 Å². The summed E-state index contributed by atoms with van der Waals surface area (Å²) in [6.07, 6.45) is 2.74. The van der Waals surface area contributed by atoms with Crippen molar-refractivity contribution in [2.75, 3.05) is 11.9 Å². The van der Waals surface area contributed by atoms with E-state index < -0.39 is 0 Å². The van der Waals surface area contributed by atoms with E-state index in [1.807, 2.05) is 12.1 Å². The number of ether oxygens (including phenoxy) is 1. The van der Waals surface area contributed by atoms with E-state index in [9.17, 15) is 4.79 Å². The van der Waals surface area contributed by atoms with Gasteiger partial charge in [0.2, 0.25) is 0 Å². The number of benzene rings is 1. The van der Waals surface area contributed by atoms with E-state index in [1.165, 1.54) is 12.4 Å². The highest BCUT2D eigenvalue weighted by atomic mass is 35.5. The molecule has 6 heteroatoms. The second-order valence-electron chi connectivity index (χ2n) is 4.91. The zero-order chi connectivity index (χ0) is 15.2. The lowest BCUT2D eigenvalue weighted by Gasteiger charge is -2.10. The van der Waals surface area contributed by atoms with Gasteiger partial charge < -0.3 is 10.1 Å². The number of nitrogens with zero attached hydrogens (tertiary/aromatic N) is 2. The number of nitrogens with one attached hydrogen (secondary N) is 1. The Bertz CT molecular complexity index is 632. The van der Waals surface area contributed by atoms with Crippen molar-refractivity contribution in [3.05, 3.63) is 47.5 Å². The Hall–Kier alpha value is -2.14. The van der Waals surface area contributed by atoms with Crippen LogP contribution in [0.1, 0.15) is 24.3 Å². The Kier molecular flexibility index (Phi) is 5.11. The fourth-order valence-corrected chi connectivity index (χ4v) is 1.72. The smallest absolute Gasteiger partial charge is 0.275 e. The minimum Gasteiger partial charge on any atom is -0.493 e. The monoisotopic (exact) mass is 305 g/mol. The van der Waals surface area contributed by atoms with E-state index in [-0.39, 0.29) is 16.8 Å². The van der Waals surface area contributed by atoms with Crippen LogP contribution in [-0.2, 0) is 0 Å². The number of hydrogen-bond donors (Lipinski definition) is 1. The summed E-state index contributed by atoms with van der Waals surface area (Å²) in [6, 6.07) is 7.20. The molecular weight excluding hydrogens is 290 g/mol. The SMILES string of the molecule is CC(C)COc1cccc(NC(=O)c2cncc(Cl)n2)c1. The van der Waals surface area contributed by atoms with Crippen LogP contribution in [0.15, 0.2) is 36.7 Å². The van der Waals surface area contributed by atoms with Crippen molar-refractivity contribution in [2.24, 2.45) is 5.92 Å². The maximum Gasteiger partial charge on any atom is 0.275 e. The van der Waals surface area contributed by atoms with Crippen LogP contribution < -0.4 is 10.1 Å². The minimum absolute atomic E-state index is 0.163. The normalized spacial score (nSPS) is 10.5. The van der Waals surface area contributed by atoms with Gasteiger partial charge in [-0.25, -0.2) is 4.98 Å². The molecular formula is C15H16ClN3O2. The van der Waals surface area contributed by atoms with Crippen LogP contribution in [0.25, 0.3) is 0 Å². The number of hydrogen-bond acceptors (Lipinski definition) is 4. The Morgan fingerprint density at radius 1 is 1.38 bits per heavy atom. The van der Waals surface area contributed by atoms with E-state index in [2.05, 4.69) is 29.1 Å². The summed E-state index contributed by atoms with van der Waals surface area (Å²) in [7, 11) is 0. The molecule has 0 unspecified atom stereocenters. The molecule has 0 atom stereocenters. The third kappa shape index (κ3) is 4.72. The Morgan fingerprint density at radius 3 is 2.90 bits per heavy atom. The largest absolute Gasteiger partial charge is 0.493 e. The average molecular weight is 306 g/mol. The van der Waals surface area contributed by atoms with Crippen molar-refractivity contribution in [3.63, 3.8) is 0 Å². The molecule has 0 bridgehead atoms. The van der Waals surface area contributed by atoms with E-state index in [1.54, 1.807) is 12.1 Å². The first kappa shape index (κ1) is 15.3. The molecule has 0 aliphatic carbocycles. The first-order valence-corrected chi connectivity index (χ1v) is 6.94. The molecule has 0 aliphatic heterocycles. The molecule has 5 nitrogen and oxygen atoms in total. The molecule has 0 radical (unpaired) electrons. The maximum absolute atomic E-state index is 12.0. The number of amides is 1. The van der Waals surface area contributed by atoms with Crippen molar-refractivity contribution in [2.45, 2.75) is 13.8 Å². The molecule has 2 aromatic rings. The summed E-state index contributed by atoms with van der Waals surface area (Å²) in [5, 5.41) is 2.91. The highest BCUT2D eigenvalue weighted by molar-refractivity contribution is 6.29. The van der Waals surface area contributed by atoms with Gasteiger partial charge in [0.25, 0.3) is 5.91 Å². The molecule has 0 spiro atoms. The highest BCUT2D eigenvalue weighted by Crippen LogP contribution is 2.18. The van der Waals surface area contributed by atoms with E-state index in [4.69, 9.17) is 16.3 Å². The molecule has 1 aromatic carbocycles. The second-order valence-corrected chi connectivity index (χ2v) is 5.30. The molecule has 21 heavy (non-hydrogen) atoms. The van der Waals surface area contributed by atoms with Crippen LogP contribution in [0, 0.1) is 5.92 Å². The summed E-state index contributed by atoms with van der Waals surface area (Å²) in [4.78, 5) is 19.8. The molecule has 1 amide bonds. The van der Waals surface area contributed by atoms with Gasteiger partial charge in [-0.15, -0.1) is 0 Å². The van der Waals surface area contributed by atoms with Crippen molar-refractivity contribution in [3.8, 4) is 5.75 Å². The standard InChI is InChI=1S/C15H16ClN3O2/c1-10(2)9-21-12-5-3-4-11(6-12)18-15(20)13-7-17-8-14(16)19-13/h3-8,10H,9H2,1-2H3,(H,18,20). The third-order valence-electron chi connectivity index (χ3n) is 2.51.